The van der Waals surface area contributed by atoms with E-state index in [0.29, 0.717) is 12.0 Å². The zero-order chi connectivity index (χ0) is 8.10. The molecule has 1 aromatic carbocycles. The standard InChI is InChI=1S/C8H7BrO2/c9-8(6-10)11-7-4-2-1-3-5-7/h1-6,8H. The minimum atomic E-state index is -0.551. The van der Waals surface area contributed by atoms with Crippen molar-refractivity contribution in [1.82, 2.24) is 0 Å². The van der Waals surface area contributed by atoms with Crippen molar-refractivity contribution in [2.45, 2.75) is 5.01 Å². The highest BCUT2D eigenvalue weighted by Crippen LogP contribution is 2.12. The average molecular weight is 215 g/mol. The zero-order valence-corrected chi connectivity index (χ0v) is 7.32. The van der Waals surface area contributed by atoms with Gasteiger partial charge >= 0.3 is 0 Å². The number of benzene rings is 1. The van der Waals surface area contributed by atoms with E-state index in [4.69, 9.17) is 4.74 Å². The van der Waals surface area contributed by atoms with Gasteiger partial charge in [-0.05, 0) is 28.1 Å². The number of carbonyl (C=O) groups is 1. The lowest BCUT2D eigenvalue weighted by Gasteiger charge is -2.05. The molecule has 58 valence electrons. The summed E-state index contributed by atoms with van der Waals surface area (Å²) in [5, 5.41) is -0.551. The number of alkyl halides is 1. The second-order valence-electron chi connectivity index (χ2n) is 1.92. The predicted molar refractivity (Wildman–Crippen MR) is 45.8 cm³/mol. The fourth-order valence-electron chi connectivity index (χ4n) is 0.657. The van der Waals surface area contributed by atoms with Gasteiger partial charge in [-0.25, -0.2) is 0 Å². The fraction of sp³-hybridized carbons (Fsp3) is 0.125. The van der Waals surface area contributed by atoms with Crippen LogP contribution in [0.4, 0.5) is 0 Å². The molecule has 1 aromatic rings. The maximum absolute atomic E-state index is 10.1. The summed E-state index contributed by atoms with van der Waals surface area (Å²) in [7, 11) is 0. The van der Waals surface area contributed by atoms with E-state index >= 15 is 0 Å². The number of hydrogen-bond acceptors (Lipinski definition) is 2. The van der Waals surface area contributed by atoms with E-state index in [1.165, 1.54) is 0 Å². The van der Waals surface area contributed by atoms with Crippen LogP contribution in [0.2, 0.25) is 0 Å². The van der Waals surface area contributed by atoms with Gasteiger partial charge in [-0.15, -0.1) is 0 Å². The quantitative estimate of drug-likeness (QED) is 0.569. The normalized spacial score (nSPS) is 12.1. The molecule has 0 spiro atoms. The molecule has 3 heteroatoms. The van der Waals surface area contributed by atoms with E-state index in [2.05, 4.69) is 15.9 Å². The zero-order valence-electron chi connectivity index (χ0n) is 5.74. The highest BCUT2D eigenvalue weighted by molar-refractivity contribution is 9.09. The van der Waals surface area contributed by atoms with Crippen LogP contribution < -0.4 is 4.74 Å². The molecule has 1 atom stereocenters. The SMILES string of the molecule is O=CC(Br)Oc1ccccc1. The Morgan fingerprint density at radius 3 is 2.55 bits per heavy atom. The molecule has 0 radical (unpaired) electrons. The van der Waals surface area contributed by atoms with E-state index < -0.39 is 5.01 Å². The molecule has 11 heavy (non-hydrogen) atoms. The Labute approximate surface area is 73.3 Å². The number of hydrogen-bond donors (Lipinski definition) is 0. The third-order valence-electron chi connectivity index (χ3n) is 1.10. The second kappa shape index (κ2) is 4.13. The van der Waals surface area contributed by atoms with Crippen LogP contribution in [0.3, 0.4) is 0 Å². The van der Waals surface area contributed by atoms with E-state index in [1.807, 2.05) is 18.2 Å². The molecule has 1 rings (SSSR count). The van der Waals surface area contributed by atoms with E-state index in [1.54, 1.807) is 12.1 Å². The van der Waals surface area contributed by atoms with Gasteiger partial charge in [0.2, 0.25) is 5.01 Å². The molecule has 0 saturated carbocycles. The molecule has 0 amide bonds. The summed E-state index contributed by atoms with van der Waals surface area (Å²) < 4.78 is 5.11. The Bertz CT molecular complexity index is 223. The number of ether oxygens (including phenoxy) is 1. The van der Waals surface area contributed by atoms with Crippen LogP contribution in [0.5, 0.6) is 5.75 Å². The van der Waals surface area contributed by atoms with Crippen LogP contribution in [0.25, 0.3) is 0 Å². The summed E-state index contributed by atoms with van der Waals surface area (Å²) in [5.74, 6) is 0.682. The first-order valence-electron chi connectivity index (χ1n) is 3.14. The molecular formula is C8H7BrO2. The maximum Gasteiger partial charge on any atom is 0.208 e. The number of carbonyl (C=O) groups excluding carboxylic acids is 1. The third kappa shape index (κ3) is 2.72. The number of rotatable bonds is 3. The van der Waals surface area contributed by atoms with Gasteiger partial charge in [-0.3, -0.25) is 4.79 Å². The van der Waals surface area contributed by atoms with Crippen molar-refractivity contribution in [3.63, 3.8) is 0 Å². The van der Waals surface area contributed by atoms with Crippen molar-refractivity contribution in [3.05, 3.63) is 30.3 Å². The van der Waals surface area contributed by atoms with Crippen LogP contribution in [0.1, 0.15) is 0 Å². The van der Waals surface area contributed by atoms with Crippen molar-refractivity contribution < 1.29 is 9.53 Å². The van der Waals surface area contributed by atoms with Crippen molar-refractivity contribution in [1.29, 1.82) is 0 Å². The summed E-state index contributed by atoms with van der Waals surface area (Å²) in [6.07, 6.45) is 0.688. The van der Waals surface area contributed by atoms with Crippen LogP contribution in [-0.4, -0.2) is 11.3 Å². The van der Waals surface area contributed by atoms with Crippen LogP contribution in [0.15, 0.2) is 30.3 Å². The molecular weight excluding hydrogens is 208 g/mol. The van der Waals surface area contributed by atoms with E-state index in [-0.39, 0.29) is 0 Å². The molecule has 2 nitrogen and oxygen atoms in total. The van der Waals surface area contributed by atoms with E-state index in [0.717, 1.165) is 0 Å². The Balaban J connectivity index is 2.57. The van der Waals surface area contributed by atoms with Crippen molar-refractivity contribution in [2.24, 2.45) is 0 Å². The van der Waals surface area contributed by atoms with Crippen LogP contribution >= 0.6 is 15.9 Å². The largest absolute Gasteiger partial charge is 0.472 e. The molecule has 0 aliphatic carbocycles. The predicted octanol–water partition coefficient (Wildman–Crippen LogP) is 1.99. The van der Waals surface area contributed by atoms with Gasteiger partial charge in [0.15, 0.2) is 6.29 Å². The summed E-state index contributed by atoms with van der Waals surface area (Å²) in [6, 6.07) is 9.16. The Morgan fingerprint density at radius 1 is 1.36 bits per heavy atom. The van der Waals surface area contributed by atoms with Gasteiger partial charge in [0, 0.05) is 0 Å². The van der Waals surface area contributed by atoms with Gasteiger partial charge in [-0.2, -0.15) is 0 Å². The van der Waals surface area contributed by atoms with Gasteiger partial charge in [0.05, 0.1) is 0 Å². The Kier molecular flexibility index (Phi) is 3.11. The second-order valence-corrected chi connectivity index (χ2v) is 2.82. The summed E-state index contributed by atoms with van der Waals surface area (Å²) in [6.45, 7) is 0. The van der Waals surface area contributed by atoms with Crippen LogP contribution in [-0.2, 0) is 4.79 Å². The van der Waals surface area contributed by atoms with Gasteiger partial charge < -0.3 is 4.74 Å². The number of para-hydroxylation sites is 1. The smallest absolute Gasteiger partial charge is 0.208 e. The molecule has 0 N–H and O–H groups in total. The maximum atomic E-state index is 10.1. The van der Waals surface area contributed by atoms with Gasteiger partial charge in [0.25, 0.3) is 0 Å². The molecule has 0 fully saturated rings. The summed E-state index contributed by atoms with van der Waals surface area (Å²) in [4.78, 5) is 10.1. The molecule has 0 heterocycles. The topological polar surface area (TPSA) is 26.3 Å². The number of halogens is 1. The van der Waals surface area contributed by atoms with Crippen LogP contribution in [0, 0.1) is 0 Å². The minimum absolute atomic E-state index is 0.551. The molecule has 0 bridgehead atoms. The lowest BCUT2D eigenvalue weighted by atomic mass is 10.3. The molecule has 0 aliphatic heterocycles. The van der Waals surface area contributed by atoms with Gasteiger partial charge in [0.1, 0.15) is 5.75 Å². The average Bonchev–Trinajstić information content (AvgIpc) is 2.06. The lowest BCUT2D eigenvalue weighted by molar-refractivity contribution is -0.110. The fourth-order valence-corrected chi connectivity index (χ4v) is 0.873. The van der Waals surface area contributed by atoms with E-state index in [9.17, 15) is 4.79 Å². The Hall–Kier alpha value is -0.830. The Morgan fingerprint density at radius 2 is 2.00 bits per heavy atom. The third-order valence-corrected chi connectivity index (χ3v) is 1.50. The minimum Gasteiger partial charge on any atom is -0.472 e. The highest BCUT2D eigenvalue weighted by atomic mass is 79.9. The van der Waals surface area contributed by atoms with Crippen molar-refractivity contribution in [2.75, 3.05) is 0 Å². The molecule has 0 aliphatic rings. The first-order chi connectivity index (χ1) is 5.33. The molecule has 1 unspecified atom stereocenters. The highest BCUT2D eigenvalue weighted by Gasteiger charge is 2.00. The monoisotopic (exact) mass is 214 g/mol. The number of aldehydes is 1. The lowest BCUT2D eigenvalue weighted by Crippen LogP contribution is -2.08. The van der Waals surface area contributed by atoms with Crippen molar-refractivity contribution >= 4 is 22.2 Å². The molecule has 0 saturated heterocycles. The first-order valence-corrected chi connectivity index (χ1v) is 4.05. The summed E-state index contributed by atoms with van der Waals surface area (Å²) in [5.41, 5.74) is 0. The van der Waals surface area contributed by atoms with Crippen molar-refractivity contribution in [3.8, 4) is 5.75 Å². The summed E-state index contributed by atoms with van der Waals surface area (Å²) >= 11 is 3.02. The molecule has 0 aromatic heterocycles. The first kappa shape index (κ1) is 8.27. The van der Waals surface area contributed by atoms with Gasteiger partial charge in [-0.1, -0.05) is 18.2 Å².